The minimum atomic E-state index is -0.661. The molecule has 0 spiro atoms. The molecule has 106 valence electrons. The van der Waals surface area contributed by atoms with Gasteiger partial charge in [-0.3, -0.25) is 4.79 Å². The first-order valence-corrected chi connectivity index (χ1v) is 7.29. The summed E-state index contributed by atoms with van der Waals surface area (Å²) in [5, 5.41) is 14.6. The van der Waals surface area contributed by atoms with E-state index in [1.807, 2.05) is 30.3 Å². The Morgan fingerprint density at radius 3 is 2.45 bits per heavy atom. The molecule has 0 saturated carbocycles. The van der Waals surface area contributed by atoms with Crippen molar-refractivity contribution in [3.8, 4) is 0 Å². The Bertz CT molecular complexity index is 650. The van der Waals surface area contributed by atoms with Crippen LogP contribution in [0.25, 0.3) is 10.8 Å². The molecule has 0 aliphatic heterocycles. The highest BCUT2D eigenvalue weighted by Crippen LogP contribution is 2.21. The average Bonchev–Trinajstić information content (AvgIpc) is 2.37. The molecule has 1 atom stereocenters. The molecule has 2 rings (SSSR count). The van der Waals surface area contributed by atoms with Crippen LogP contribution < -0.4 is 5.32 Å². The highest BCUT2D eigenvalue weighted by molar-refractivity contribution is 9.10. The monoisotopic (exact) mass is 335 g/mol. The molecule has 20 heavy (non-hydrogen) atoms. The number of nitrogens with one attached hydrogen (secondary N) is 1. The molecule has 3 nitrogen and oxygen atoms in total. The first-order valence-electron chi connectivity index (χ1n) is 6.49. The summed E-state index contributed by atoms with van der Waals surface area (Å²) in [4.78, 5) is 12.2. The SMILES string of the molecule is CC(O)C(C)(C)NC(=O)c1ccc2cc(Br)ccc2c1. The predicted octanol–water partition coefficient (Wildman–Crippen LogP) is 3.49. The van der Waals surface area contributed by atoms with E-state index in [1.165, 1.54) is 0 Å². The predicted molar refractivity (Wildman–Crippen MR) is 84.9 cm³/mol. The normalized spacial score (nSPS) is 13.2. The van der Waals surface area contributed by atoms with Gasteiger partial charge >= 0.3 is 0 Å². The van der Waals surface area contributed by atoms with E-state index in [0.717, 1.165) is 15.2 Å². The largest absolute Gasteiger partial charge is 0.391 e. The van der Waals surface area contributed by atoms with Gasteiger partial charge in [0.25, 0.3) is 5.91 Å². The van der Waals surface area contributed by atoms with Crippen LogP contribution in [0.5, 0.6) is 0 Å². The number of aliphatic hydroxyl groups excluding tert-OH is 1. The lowest BCUT2D eigenvalue weighted by molar-refractivity contribution is 0.0709. The molecule has 1 unspecified atom stereocenters. The second kappa shape index (κ2) is 5.54. The van der Waals surface area contributed by atoms with Crippen molar-refractivity contribution < 1.29 is 9.90 Å². The Hall–Kier alpha value is -1.39. The highest BCUT2D eigenvalue weighted by atomic mass is 79.9. The number of rotatable bonds is 3. The van der Waals surface area contributed by atoms with Gasteiger partial charge in [0.15, 0.2) is 0 Å². The van der Waals surface area contributed by atoms with E-state index in [4.69, 9.17) is 0 Å². The molecule has 0 aliphatic rings. The van der Waals surface area contributed by atoms with Crippen molar-refractivity contribution in [2.45, 2.75) is 32.4 Å². The maximum Gasteiger partial charge on any atom is 0.251 e. The zero-order valence-electron chi connectivity index (χ0n) is 11.8. The molecule has 0 saturated heterocycles. The van der Waals surface area contributed by atoms with Crippen molar-refractivity contribution in [3.05, 3.63) is 46.4 Å². The number of hydrogen-bond acceptors (Lipinski definition) is 2. The fourth-order valence-electron chi connectivity index (χ4n) is 1.83. The van der Waals surface area contributed by atoms with Crippen molar-refractivity contribution in [2.24, 2.45) is 0 Å². The second-order valence-electron chi connectivity index (χ2n) is 5.56. The molecule has 2 N–H and O–H groups in total. The summed E-state index contributed by atoms with van der Waals surface area (Å²) in [6.45, 7) is 5.26. The number of hydrogen-bond donors (Lipinski definition) is 2. The van der Waals surface area contributed by atoms with E-state index in [0.29, 0.717) is 5.56 Å². The molecule has 2 aromatic rings. The Morgan fingerprint density at radius 2 is 1.80 bits per heavy atom. The summed E-state index contributed by atoms with van der Waals surface area (Å²) < 4.78 is 1.01. The first kappa shape index (κ1) is 15.0. The van der Waals surface area contributed by atoms with Gasteiger partial charge in [0, 0.05) is 10.0 Å². The number of halogens is 1. The van der Waals surface area contributed by atoms with Crippen LogP contribution in [0.4, 0.5) is 0 Å². The fraction of sp³-hybridized carbons (Fsp3) is 0.312. The van der Waals surface area contributed by atoms with Gasteiger partial charge in [0.05, 0.1) is 11.6 Å². The van der Waals surface area contributed by atoms with Gasteiger partial charge < -0.3 is 10.4 Å². The molecule has 1 amide bonds. The molecule has 0 radical (unpaired) electrons. The van der Waals surface area contributed by atoms with Gasteiger partial charge in [0.2, 0.25) is 0 Å². The van der Waals surface area contributed by atoms with Gasteiger partial charge in [-0.25, -0.2) is 0 Å². The zero-order chi connectivity index (χ0) is 14.9. The average molecular weight is 336 g/mol. The fourth-order valence-corrected chi connectivity index (χ4v) is 2.21. The molecular weight excluding hydrogens is 318 g/mol. The minimum Gasteiger partial charge on any atom is -0.391 e. The van der Waals surface area contributed by atoms with E-state index < -0.39 is 11.6 Å². The third kappa shape index (κ3) is 3.19. The summed E-state index contributed by atoms with van der Waals surface area (Å²) in [6, 6.07) is 11.5. The smallest absolute Gasteiger partial charge is 0.251 e. The van der Waals surface area contributed by atoms with Crippen LogP contribution in [-0.2, 0) is 0 Å². The molecule has 0 aliphatic carbocycles. The molecule has 0 fully saturated rings. The zero-order valence-corrected chi connectivity index (χ0v) is 13.4. The van der Waals surface area contributed by atoms with Crippen LogP contribution in [0.15, 0.2) is 40.9 Å². The van der Waals surface area contributed by atoms with Crippen molar-refractivity contribution in [3.63, 3.8) is 0 Å². The first-order chi connectivity index (χ1) is 9.29. The number of aliphatic hydroxyl groups is 1. The lowest BCUT2D eigenvalue weighted by Crippen LogP contribution is -2.50. The molecular formula is C16H18BrNO2. The summed E-state index contributed by atoms with van der Waals surface area (Å²) in [5.41, 5.74) is -0.0697. The Morgan fingerprint density at radius 1 is 1.20 bits per heavy atom. The van der Waals surface area contributed by atoms with Gasteiger partial charge in [-0.2, -0.15) is 0 Å². The number of benzene rings is 2. The number of carbonyl (C=O) groups excluding carboxylic acids is 1. The lowest BCUT2D eigenvalue weighted by atomic mass is 9.97. The van der Waals surface area contributed by atoms with Crippen LogP contribution in [0.1, 0.15) is 31.1 Å². The second-order valence-corrected chi connectivity index (χ2v) is 6.47. The number of amides is 1. The Kier molecular flexibility index (Phi) is 4.16. The van der Waals surface area contributed by atoms with Crippen LogP contribution in [-0.4, -0.2) is 22.7 Å². The van der Waals surface area contributed by atoms with Crippen molar-refractivity contribution in [1.29, 1.82) is 0 Å². The van der Waals surface area contributed by atoms with Crippen molar-refractivity contribution in [1.82, 2.24) is 5.32 Å². The van der Waals surface area contributed by atoms with E-state index >= 15 is 0 Å². The quantitative estimate of drug-likeness (QED) is 0.901. The third-order valence-electron chi connectivity index (χ3n) is 3.54. The summed E-state index contributed by atoms with van der Waals surface area (Å²) in [5.74, 6) is -0.180. The van der Waals surface area contributed by atoms with Crippen LogP contribution in [0.2, 0.25) is 0 Å². The van der Waals surface area contributed by atoms with E-state index in [9.17, 15) is 9.90 Å². The maximum absolute atomic E-state index is 12.2. The molecule has 0 heterocycles. The number of fused-ring (bicyclic) bond motifs is 1. The summed E-state index contributed by atoms with van der Waals surface area (Å²) in [7, 11) is 0. The van der Waals surface area contributed by atoms with Crippen molar-refractivity contribution in [2.75, 3.05) is 0 Å². The van der Waals surface area contributed by atoms with Crippen molar-refractivity contribution >= 4 is 32.6 Å². The van der Waals surface area contributed by atoms with Crippen LogP contribution in [0, 0.1) is 0 Å². The lowest BCUT2D eigenvalue weighted by Gasteiger charge is -2.29. The van der Waals surface area contributed by atoms with Crippen LogP contribution >= 0.6 is 15.9 Å². The topological polar surface area (TPSA) is 49.3 Å². The molecule has 0 bridgehead atoms. The minimum absolute atomic E-state index is 0.180. The highest BCUT2D eigenvalue weighted by Gasteiger charge is 2.26. The molecule has 2 aromatic carbocycles. The van der Waals surface area contributed by atoms with Gasteiger partial charge in [0.1, 0.15) is 0 Å². The standard InChI is InChI=1S/C16H18BrNO2/c1-10(19)16(2,3)18-15(20)13-5-4-12-9-14(17)7-6-11(12)8-13/h4-10,19H,1-3H3,(H,18,20). The van der Waals surface area contributed by atoms with E-state index in [1.54, 1.807) is 26.8 Å². The summed E-state index contributed by atoms with van der Waals surface area (Å²) >= 11 is 3.43. The van der Waals surface area contributed by atoms with Gasteiger partial charge in [-0.15, -0.1) is 0 Å². The van der Waals surface area contributed by atoms with E-state index in [-0.39, 0.29) is 5.91 Å². The maximum atomic E-state index is 12.2. The molecule has 4 heteroatoms. The van der Waals surface area contributed by atoms with Gasteiger partial charge in [-0.1, -0.05) is 28.1 Å². The van der Waals surface area contributed by atoms with Crippen LogP contribution in [0.3, 0.4) is 0 Å². The number of carbonyl (C=O) groups is 1. The van der Waals surface area contributed by atoms with E-state index in [2.05, 4.69) is 21.2 Å². The third-order valence-corrected chi connectivity index (χ3v) is 4.04. The Labute approximate surface area is 127 Å². The van der Waals surface area contributed by atoms with Gasteiger partial charge in [-0.05, 0) is 55.8 Å². The summed E-state index contributed by atoms with van der Waals surface area (Å²) in [6.07, 6.45) is -0.622. The Balaban J connectivity index is 2.29. The molecule has 0 aromatic heterocycles.